The zero-order valence-corrected chi connectivity index (χ0v) is 20.4. The van der Waals surface area contributed by atoms with Gasteiger partial charge in [-0.25, -0.2) is 40.8 Å². The number of hydrogen-bond acceptors (Lipinski definition) is 18. The molecular weight excluding hydrogens is 536 g/mol. The lowest BCUT2D eigenvalue weighted by atomic mass is 10.1. The number of nitrogen functional groups attached to an aromatic ring is 2. The van der Waals surface area contributed by atoms with Gasteiger partial charge in [0.1, 0.15) is 73.0 Å². The Hall–Kier alpha value is -3.70. The maximum Gasteiger partial charge on any atom is 0.247 e. The molecule has 4 aromatic heterocycles. The highest BCUT2D eigenvalue weighted by Crippen LogP contribution is 2.39. The van der Waals surface area contributed by atoms with Crippen LogP contribution in [0, 0.1) is 0 Å². The number of hydrazine groups is 1. The number of hydrogen-bond donors (Lipinski definition) is 10. The number of nitrogens with one attached hydrogen (secondary N) is 2. The van der Waals surface area contributed by atoms with E-state index >= 15 is 0 Å². The van der Waals surface area contributed by atoms with Crippen molar-refractivity contribution in [1.29, 1.82) is 0 Å². The van der Waals surface area contributed by atoms with Crippen LogP contribution in [-0.4, -0.2) is 120 Å². The van der Waals surface area contributed by atoms with E-state index in [9.17, 15) is 30.6 Å². The van der Waals surface area contributed by atoms with Crippen LogP contribution in [0.2, 0.25) is 0 Å². The van der Waals surface area contributed by atoms with Crippen molar-refractivity contribution < 1.29 is 40.1 Å². The topological polar surface area (TPSA) is 303 Å². The van der Waals surface area contributed by atoms with Crippen LogP contribution in [-0.2, 0) is 21.2 Å². The van der Waals surface area contributed by atoms with E-state index in [2.05, 4.69) is 40.8 Å². The Morgan fingerprint density at radius 3 is 1.45 bits per heavy atom. The first-order valence-corrected chi connectivity index (χ1v) is 11.9. The van der Waals surface area contributed by atoms with Gasteiger partial charge in [0.05, 0.1) is 13.2 Å². The highest BCUT2D eigenvalue weighted by molar-refractivity contribution is 5.82. The smallest absolute Gasteiger partial charge is 0.247 e. The number of aliphatic hydroxyl groups excluding tert-OH is 6. The van der Waals surface area contributed by atoms with Gasteiger partial charge in [-0.15, -0.1) is 0 Å². The Labute approximate surface area is 222 Å². The second kappa shape index (κ2) is 9.45. The Morgan fingerprint density at radius 2 is 1.10 bits per heavy atom. The van der Waals surface area contributed by atoms with Gasteiger partial charge in [0.2, 0.25) is 11.7 Å². The van der Waals surface area contributed by atoms with Crippen LogP contribution in [0.3, 0.4) is 0 Å². The second-order valence-corrected chi connectivity index (χ2v) is 9.28. The van der Waals surface area contributed by atoms with Gasteiger partial charge in [-0.2, -0.15) is 0 Å². The van der Waals surface area contributed by atoms with Crippen LogP contribution in [0.5, 0.6) is 0 Å². The highest BCUT2D eigenvalue weighted by Gasteiger charge is 2.61. The number of fused-ring (bicyclic) bond motifs is 2. The predicted octanol–water partition coefficient (Wildman–Crippen LogP) is -5.63. The minimum absolute atomic E-state index is 0.0145. The fourth-order valence-corrected chi connectivity index (χ4v) is 5.00. The fourth-order valence-electron chi connectivity index (χ4n) is 5.00. The number of anilines is 2. The Balaban J connectivity index is 1.50. The largest absolute Gasteiger partial charge is 0.394 e. The lowest BCUT2D eigenvalue weighted by Crippen LogP contribution is -2.68. The molecule has 0 aliphatic carbocycles. The van der Waals surface area contributed by atoms with Crippen LogP contribution in [0.4, 0.5) is 11.6 Å². The van der Waals surface area contributed by atoms with E-state index < -0.39 is 61.5 Å². The monoisotopic (exact) mass is 562 g/mol. The van der Waals surface area contributed by atoms with Crippen molar-refractivity contribution in [3.63, 3.8) is 0 Å². The summed E-state index contributed by atoms with van der Waals surface area (Å²) < 4.78 is 14.3. The summed E-state index contributed by atoms with van der Waals surface area (Å²) in [6.07, 6.45) is -4.78. The lowest BCUT2D eigenvalue weighted by Gasteiger charge is -2.40. The summed E-state index contributed by atoms with van der Waals surface area (Å²) in [5.74, 6) is -4.35. The van der Waals surface area contributed by atoms with Gasteiger partial charge in [-0.05, 0) is 0 Å². The van der Waals surface area contributed by atoms with E-state index in [0.717, 1.165) is 12.7 Å². The molecule has 12 N–H and O–H groups in total. The van der Waals surface area contributed by atoms with Gasteiger partial charge < -0.3 is 51.6 Å². The van der Waals surface area contributed by atoms with Crippen LogP contribution in [0.15, 0.2) is 25.3 Å². The normalized spacial score (nSPS) is 34.4. The molecule has 0 aromatic carbocycles. The SMILES string of the molecule is Nc1ncnc2c1ncn2[C@]1(NN[C@@]2(n3cnc4c(N)ncnc43)O[C@H](CO)[C@@H](O)[C@H]2O)O[C@H](CO)[C@@H](O)[C@H]1O. The van der Waals surface area contributed by atoms with E-state index in [1.807, 2.05) is 0 Å². The van der Waals surface area contributed by atoms with Gasteiger partial charge in [0, 0.05) is 0 Å². The second-order valence-electron chi connectivity index (χ2n) is 9.28. The van der Waals surface area contributed by atoms with Crippen LogP contribution >= 0.6 is 0 Å². The van der Waals surface area contributed by atoms with Crippen LogP contribution in [0.25, 0.3) is 22.3 Å². The quantitative estimate of drug-likeness (QED) is 0.0938. The van der Waals surface area contributed by atoms with E-state index in [4.69, 9.17) is 20.9 Å². The molecule has 2 aliphatic rings. The molecule has 20 heteroatoms. The molecule has 40 heavy (non-hydrogen) atoms. The average molecular weight is 563 g/mol. The van der Waals surface area contributed by atoms with Gasteiger partial charge in [0.15, 0.2) is 22.9 Å². The molecule has 0 amide bonds. The number of nitrogens with two attached hydrogens (primary N) is 2. The summed E-state index contributed by atoms with van der Waals surface area (Å²) in [7, 11) is 0. The maximum absolute atomic E-state index is 11.3. The minimum Gasteiger partial charge on any atom is -0.394 e. The zero-order valence-electron chi connectivity index (χ0n) is 20.4. The Kier molecular flexibility index (Phi) is 6.26. The summed E-state index contributed by atoms with van der Waals surface area (Å²) in [6, 6.07) is 0. The van der Waals surface area contributed by atoms with Crippen LogP contribution < -0.4 is 22.3 Å². The molecule has 0 unspecified atom stereocenters. The first-order chi connectivity index (χ1) is 19.2. The molecule has 4 aromatic rings. The molecule has 20 nitrogen and oxygen atoms in total. The molecule has 2 aliphatic heterocycles. The molecule has 8 atom stereocenters. The molecule has 0 bridgehead atoms. The third kappa shape index (κ3) is 3.56. The van der Waals surface area contributed by atoms with Crippen molar-refractivity contribution in [2.75, 3.05) is 24.7 Å². The van der Waals surface area contributed by atoms with Crippen molar-refractivity contribution in [2.24, 2.45) is 0 Å². The van der Waals surface area contributed by atoms with Gasteiger partial charge in [-0.3, -0.25) is 9.13 Å². The summed E-state index contributed by atoms with van der Waals surface area (Å²) in [4.78, 5) is 24.4. The van der Waals surface area contributed by atoms with E-state index in [1.54, 1.807) is 0 Å². The molecule has 0 spiro atoms. The van der Waals surface area contributed by atoms with E-state index in [1.165, 1.54) is 21.8 Å². The summed E-state index contributed by atoms with van der Waals surface area (Å²) in [5.41, 5.74) is 17.7. The molecular formula is C20H26N12O8. The minimum atomic E-state index is -2.19. The highest BCUT2D eigenvalue weighted by atomic mass is 16.6. The lowest BCUT2D eigenvalue weighted by molar-refractivity contribution is -0.226. The predicted molar refractivity (Wildman–Crippen MR) is 130 cm³/mol. The molecule has 214 valence electrons. The van der Waals surface area contributed by atoms with E-state index in [-0.39, 0.29) is 34.0 Å². The van der Waals surface area contributed by atoms with Gasteiger partial charge in [-0.1, -0.05) is 0 Å². The van der Waals surface area contributed by atoms with E-state index in [0.29, 0.717) is 0 Å². The van der Waals surface area contributed by atoms with Crippen molar-refractivity contribution in [3.05, 3.63) is 25.3 Å². The van der Waals surface area contributed by atoms with Gasteiger partial charge >= 0.3 is 0 Å². The Bertz CT molecular complexity index is 1440. The number of nitrogens with zero attached hydrogens (tertiary/aromatic N) is 8. The molecule has 0 radical (unpaired) electrons. The molecule has 0 saturated carbocycles. The van der Waals surface area contributed by atoms with Crippen LogP contribution in [0.1, 0.15) is 0 Å². The summed E-state index contributed by atoms with van der Waals surface area (Å²) in [5, 5.41) is 63.6. The Morgan fingerprint density at radius 1 is 0.700 bits per heavy atom. The average Bonchev–Trinajstić information content (AvgIpc) is 3.70. The standard InChI is InChI=1S/C20H26N12O8/c21-15-9-17(25-3-23-15)31(5-27-9)19(13(37)11(35)7(1-33)39-19)29-30-20(14(38)12(36)8(2-34)40-20)32-6-28-10-16(22)24-4-26-18(10)32/h3-8,11-14,29-30,33-38H,1-2H2,(H2,21,23,25)(H2,22,24,26)/t7-,8-,11-,12-,13-,14-,19+,20+/m1/s1. The fraction of sp³-hybridized carbons (Fsp3) is 0.500. The number of aromatic nitrogens is 8. The number of aliphatic hydroxyl groups is 6. The first kappa shape index (κ1) is 26.5. The van der Waals surface area contributed by atoms with Gasteiger partial charge in [0.25, 0.3) is 0 Å². The molecule has 2 fully saturated rings. The zero-order chi connectivity index (χ0) is 28.4. The molecule has 6 heterocycles. The number of imidazole rings is 2. The third-order valence-corrected chi connectivity index (χ3v) is 7.09. The van der Waals surface area contributed by atoms with Crippen molar-refractivity contribution in [3.8, 4) is 0 Å². The molecule has 2 saturated heterocycles. The van der Waals surface area contributed by atoms with Crippen molar-refractivity contribution in [1.82, 2.24) is 49.9 Å². The number of ether oxygens (including phenoxy) is 2. The maximum atomic E-state index is 11.3. The summed E-state index contributed by atoms with van der Waals surface area (Å²) >= 11 is 0. The molecule has 6 rings (SSSR count). The number of rotatable bonds is 7. The third-order valence-electron chi connectivity index (χ3n) is 7.09. The summed E-state index contributed by atoms with van der Waals surface area (Å²) in [6.45, 7) is -1.38. The van der Waals surface area contributed by atoms with Crippen molar-refractivity contribution >= 4 is 34.0 Å². The van der Waals surface area contributed by atoms with Crippen molar-refractivity contribution in [2.45, 2.75) is 48.3 Å². The first-order valence-electron chi connectivity index (χ1n) is 11.9.